The topological polar surface area (TPSA) is 614 Å². The van der Waals surface area contributed by atoms with E-state index >= 15 is 0 Å². The van der Waals surface area contributed by atoms with Crippen molar-refractivity contribution < 1.29 is 347 Å². The van der Waals surface area contributed by atoms with Crippen LogP contribution < -0.4 is 305 Å². The number of Topliss-reactive ketones (excluding diaryl/α,β-unsaturated/α-hetero) is 2. The SMILES string of the molecule is CC(=O)C(N=Nc1ccc(NC(=O)Nc2ccc(N=NC3C(=O)N(c4cccc(S(=O)(=O)[O-])c4)N=C3C)c(C(=O)[O-])c2)cc1C(=O)[O-])C(=O)Nc1ccccc1.CC(=O)C(N=Nc1ccc(NC(=O)Nc2ccc(N=NC3C(=O)N(c4cccc(S(=O)(=O)[O-])c4)N=C3C)c(C(=O)[O-])c2)cc1C(=O)[O-])C(=O)Nc1ccccc1.[K+].[K+].[K+].[Na+].[Na+].[Na+]. The van der Waals surface area contributed by atoms with Crippen LogP contribution in [0.15, 0.2) is 243 Å². The molecule has 0 saturated heterocycles. The smallest absolute Gasteiger partial charge is 0.744 e. The van der Waals surface area contributed by atoms with Crippen molar-refractivity contribution >= 4 is 171 Å². The van der Waals surface area contributed by atoms with Crippen molar-refractivity contribution in [1.29, 1.82) is 0 Å². The Labute approximate surface area is 863 Å². The first-order valence-electron chi connectivity index (χ1n) is 31.9. The second-order valence-corrected chi connectivity index (χ2v) is 26.1. The number of anilines is 8. The monoisotopic (exact) mass is 1750 g/mol. The predicted octanol–water partition coefficient (Wildman–Crippen LogP) is -12.9. The zero-order chi connectivity index (χ0) is 81.5. The summed E-state index contributed by atoms with van der Waals surface area (Å²) in [5, 5.41) is 103. The Morgan fingerprint density at radius 1 is 0.381 bits per heavy atom. The van der Waals surface area contributed by atoms with Crippen LogP contribution in [-0.4, -0.2) is 133 Å². The van der Waals surface area contributed by atoms with Gasteiger partial charge in [-0.25, -0.2) is 26.4 Å². The minimum absolute atomic E-state index is 0. The molecule has 4 unspecified atom stereocenters. The molecule has 0 bridgehead atoms. The summed E-state index contributed by atoms with van der Waals surface area (Å²) in [5.41, 5.74) is -2.73. The normalized spacial score (nSPS) is 13.9. The molecule has 4 atom stereocenters. The number of carbonyl (C=O) groups is 12. The molecule has 0 aliphatic carbocycles. The van der Waals surface area contributed by atoms with Gasteiger partial charge in [0.15, 0.2) is 23.7 Å². The van der Waals surface area contributed by atoms with Crippen LogP contribution in [0.3, 0.4) is 0 Å². The third-order valence-corrected chi connectivity index (χ3v) is 16.9. The van der Waals surface area contributed by atoms with Crippen molar-refractivity contribution in [3.63, 3.8) is 0 Å². The molecule has 118 heavy (non-hydrogen) atoms. The van der Waals surface area contributed by atoms with E-state index in [2.05, 4.69) is 83.0 Å². The summed E-state index contributed by atoms with van der Waals surface area (Å²) in [6.07, 6.45) is 0. The minimum Gasteiger partial charge on any atom is -0.744 e. The van der Waals surface area contributed by atoms with Gasteiger partial charge in [0.2, 0.25) is 12.1 Å². The van der Waals surface area contributed by atoms with Crippen LogP contribution >= 0.6 is 0 Å². The van der Waals surface area contributed by atoms with Gasteiger partial charge in [0.25, 0.3) is 23.6 Å². The first-order chi connectivity index (χ1) is 53.0. The third-order valence-electron chi connectivity index (χ3n) is 15.3. The summed E-state index contributed by atoms with van der Waals surface area (Å²) in [7, 11) is -9.66. The molecule has 0 fully saturated rings. The van der Waals surface area contributed by atoms with Crippen molar-refractivity contribution in [2.24, 2.45) is 51.1 Å². The molecular weight excluding hydrogens is 1700 g/mol. The van der Waals surface area contributed by atoms with Crippen LogP contribution in [0.25, 0.3) is 0 Å². The maximum Gasteiger partial charge on any atom is 1.00 e. The first-order valence-corrected chi connectivity index (χ1v) is 34.7. The van der Waals surface area contributed by atoms with E-state index in [-0.39, 0.29) is 311 Å². The number of hydrogen-bond acceptors (Lipinski definition) is 32. The van der Waals surface area contributed by atoms with Crippen molar-refractivity contribution in [3.8, 4) is 0 Å². The van der Waals surface area contributed by atoms with E-state index in [1.807, 2.05) is 0 Å². The van der Waals surface area contributed by atoms with Crippen LogP contribution in [0, 0.1) is 0 Å². The zero-order valence-corrected chi connectivity index (χ0v) is 80.8. The fraction of sp³-hybridized carbons (Fsp3) is 0.114. The summed E-state index contributed by atoms with van der Waals surface area (Å²) in [6, 6.07) is 31.3. The molecule has 0 aromatic heterocycles. The van der Waals surface area contributed by atoms with E-state index in [4.69, 9.17) is 0 Å². The van der Waals surface area contributed by atoms with Crippen LogP contribution in [0.2, 0.25) is 0 Å². The van der Waals surface area contributed by atoms with E-state index in [1.165, 1.54) is 62.4 Å². The number of azo groups is 4. The molecule has 40 nitrogen and oxygen atoms in total. The Morgan fingerprint density at radius 3 is 0.924 bits per heavy atom. The summed E-state index contributed by atoms with van der Waals surface area (Å²) in [5.74, 6) is -11.4. The number of nitrogens with zero attached hydrogens (tertiary/aromatic N) is 12. The van der Waals surface area contributed by atoms with E-state index in [1.54, 1.807) is 60.7 Å². The number of hydrazone groups is 2. The molecule has 10 rings (SSSR count). The van der Waals surface area contributed by atoms with Gasteiger partial charge in [-0.3, -0.25) is 28.8 Å². The van der Waals surface area contributed by atoms with E-state index in [9.17, 15) is 104 Å². The summed E-state index contributed by atoms with van der Waals surface area (Å²) >= 11 is 0. The quantitative estimate of drug-likeness (QED) is 0.0127. The largest absolute Gasteiger partial charge is 1.00 e. The zero-order valence-electron chi connectivity index (χ0n) is 63.8. The molecule has 2 heterocycles. The van der Waals surface area contributed by atoms with Gasteiger partial charge >= 0.3 is 255 Å². The number of rotatable bonds is 26. The standard InChI is InChI=1S/2C35H29N9O11S.3K.3Na/c2*1-18-29(32(47)44(43-18)23-9-6-10-24(17-23)56(53,54)55)41-39-27-13-11-21(15-25(27)33(48)49)37-35(52)38-22-12-14-28(26(16-22)34(50)51)40-42-30(19(2)45)31(46)36-20-7-4-3-5-8-20;;;;;;/h2*3-17,29-30H,1-2H3,(H,36,46)(H,48,49)(H,50,51)(H2,37,38,52)(H,53,54,55);;;;;;/q;;6*+1/p-6. The maximum atomic E-state index is 13.1. The Kier molecular flexibility index (Phi) is 42.7. The maximum absolute atomic E-state index is 13.1. The van der Waals surface area contributed by atoms with Crippen LogP contribution in [-0.2, 0) is 49.0 Å². The average molecular weight is 1750 g/mol. The van der Waals surface area contributed by atoms with E-state index < -0.39 is 148 Å². The van der Waals surface area contributed by atoms with Gasteiger partial charge in [0, 0.05) is 56.4 Å². The molecule has 8 aromatic rings. The predicted molar refractivity (Wildman–Crippen MR) is 383 cm³/mol. The number of carbonyl (C=O) groups excluding carboxylic acids is 12. The minimum atomic E-state index is -4.83. The number of hydrogen-bond donors (Lipinski definition) is 6. The van der Waals surface area contributed by atoms with Gasteiger partial charge in [-0.05, 0) is 161 Å². The summed E-state index contributed by atoms with van der Waals surface area (Å²) in [6.45, 7) is 5.06. The number of carboxylic acid groups (broad SMARTS) is 4. The van der Waals surface area contributed by atoms with Crippen molar-refractivity contribution in [3.05, 3.63) is 204 Å². The molecule has 0 radical (unpaired) electrons. The van der Waals surface area contributed by atoms with Gasteiger partial charge in [-0.15, -0.1) is 0 Å². The summed E-state index contributed by atoms with van der Waals surface area (Å²) < 4.78 is 68.5. The van der Waals surface area contributed by atoms with Gasteiger partial charge in [-0.2, -0.15) is 61.1 Å². The van der Waals surface area contributed by atoms with Gasteiger partial charge < -0.3 is 80.6 Å². The Morgan fingerprint density at radius 2 is 0.661 bits per heavy atom. The van der Waals surface area contributed by atoms with Gasteiger partial charge in [0.05, 0.1) is 79.2 Å². The molecule has 48 heteroatoms. The number of nitrogens with one attached hydrogen (secondary N) is 6. The molecule has 2 aliphatic heterocycles. The fourth-order valence-electron chi connectivity index (χ4n) is 9.92. The number of aromatic carboxylic acids is 4. The van der Waals surface area contributed by atoms with E-state index in [0.29, 0.717) is 11.4 Å². The summed E-state index contributed by atoms with van der Waals surface area (Å²) in [4.78, 5) is 148. The Bertz CT molecular complexity index is 5330. The molecule has 6 N–H and O–H groups in total. The number of para-hydroxylation sites is 2. The molecule has 8 amide bonds. The Balaban J connectivity index is 0.000000581. The Hall–Kier alpha value is -7.13. The molecule has 8 aromatic carbocycles. The molecular formula is C70H52K3N18Na3O22S2. The van der Waals surface area contributed by atoms with Crippen molar-refractivity contribution in [2.45, 2.75) is 61.7 Å². The van der Waals surface area contributed by atoms with Crippen molar-refractivity contribution in [1.82, 2.24) is 0 Å². The molecule has 572 valence electrons. The number of ketones is 2. The van der Waals surface area contributed by atoms with Gasteiger partial charge in [0.1, 0.15) is 20.2 Å². The molecule has 0 spiro atoms. The fourth-order valence-corrected chi connectivity index (χ4v) is 10.9. The average Bonchev–Trinajstić information content (AvgIpc) is 1.65. The number of benzene rings is 8. The second kappa shape index (κ2) is 47.9. The van der Waals surface area contributed by atoms with E-state index in [0.717, 1.165) is 96.7 Å². The van der Waals surface area contributed by atoms with Gasteiger partial charge in [-0.1, -0.05) is 48.5 Å². The number of amides is 8. The second-order valence-electron chi connectivity index (χ2n) is 23.3. The first kappa shape index (κ1) is 105. The van der Waals surface area contributed by atoms with Crippen molar-refractivity contribution in [2.75, 3.05) is 41.9 Å². The third kappa shape index (κ3) is 29.0. The molecule has 0 saturated carbocycles. The van der Waals surface area contributed by atoms with Crippen LogP contribution in [0.1, 0.15) is 69.1 Å². The number of urea groups is 2. The number of carboxylic acids is 4. The van der Waals surface area contributed by atoms with Crippen LogP contribution in [0.4, 0.5) is 77.8 Å². The van der Waals surface area contributed by atoms with Crippen LogP contribution in [0.5, 0.6) is 0 Å². The molecule has 2 aliphatic rings.